The fraction of sp³-hybridized carbons (Fsp3) is 0.737. The summed E-state index contributed by atoms with van der Waals surface area (Å²) >= 11 is 0. The number of ether oxygens (including phenoxy) is 1. The standard InChI is InChI=1S/C19H33N3O2/c1-15(2)6-7-16(3)22-19(21-13-17-9-12-23-14-17)20-10-8-18-5-4-11-24-18/h4-5,11,15-17H,6-10,12-14H2,1-3H3,(H2,20,21,22). The highest BCUT2D eigenvalue weighted by Gasteiger charge is 2.15. The van der Waals surface area contributed by atoms with Gasteiger partial charge in [-0.05, 0) is 44.2 Å². The minimum absolute atomic E-state index is 0.419. The van der Waals surface area contributed by atoms with Crippen LogP contribution in [0.25, 0.3) is 0 Å². The van der Waals surface area contributed by atoms with E-state index in [1.54, 1.807) is 6.26 Å². The summed E-state index contributed by atoms with van der Waals surface area (Å²) in [6.45, 7) is 10.1. The van der Waals surface area contributed by atoms with E-state index in [1.165, 1.54) is 6.42 Å². The first kappa shape index (κ1) is 18.8. The van der Waals surface area contributed by atoms with E-state index in [-0.39, 0.29) is 0 Å². The molecule has 0 aromatic carbocycles. The number of aliphatic imine (C=N–C) groups is 1. The van der Waals surface area contributed by atoms with Gasteiger partial charge in [0, 0.05) is 38.1 Å². The van der Waals surface area contributed by atoms with Crippen LogP contribution in [0.4, 0.5) is 0 Å². The Kier molecular flexibility index (Phi) is 8.16. The van der Waals surface area contributed by atoms with Crippen molar-refractivity contribution in [3.8, 4) is 0 Å². The van der Waals surface area contributed by atoms with Crippen LogP contribution >= 0.6 is 0 Å². The monoisotopic (exact) mass is 335 g/mol. The minimum Gasteiger partial charge on any atom is -0.469 e. The van der Waals surface area contributed by atoms with Gasteiger partial charge >= 0.3 is 0 Å². The van der Waals surface area contributed by atoms with E-state index < -0.39 is 0 Å². The van der Waals surface area contributed by atoms with E-state index >= 15 is 0 Å². The lowest BCUT2D eigenvalue weighted by molar-refractivity contribution is 0.187. The van der Waals surface area contributed by atoms with Crippen molar-refractivity contribution in [1.82, 2.24) is 10.6 Å². The molecule has 0 spiro atoms. The second-order valence-electron chi connectivity index (χ2n) is 7.19. The van der Waals surface area contributed by atoms with Crippen LogP contribution in [-0.2, 0) is 11.2 Å². The van der Waals surface area contributed by atoms with Gasteiger partial charge in [0.2, 0.25) is 0 Å². The molecule has 2 N–H and O–H groups in total. The van der Waals surface area contributed by atoms with Gasteiger partial charge in [-0.3, -0.25) is 4.99 Å². The first-order chi connectivity index (χ1) is 11.6. The van der Waals surface area contributed by atoms with Crippen molar-refractivity contribution in [2.75, 3.05) is 26.3 Å². The van der Waals surface area contributed by atoms with E-state index in [0.717, 1.165) is 63.2 Å². The maximum Gasteiger partial charge on any atom is 0.191 e. The van der Waals surface area contributed by atoms with Crippen molar-refractivity contribution in [2.45, 2.75) is 52.5 Å². The Bertz CT molecular complexity index is 465. The average Bonchev–Trinajstić information content (AvgIpc) is 3.24. The molecule has 1 aliphatic heterocycles. The first-order valence-corrected chi connectivity index (χ1v) is 9.28. The molecule has 136 valence electrons. The molecule has 1 aliphatic rings. The molecule has 24 heavy (non-hydrogen) atoms. The lowest BCUT2D eigenvalue weighted by Gasteiger charge is -2.19. The van der Waals surface area contributed by atoms with Crippen molar-refractivity contribution < 1.29 is 9.15 Å². The molecule has 0 saturated carbocycles. The van der Waals surface area contributed by atoms with Gasteiger partial charge in [0.1, 0.15) is 5.76 Å². The molecule has 1 aromatic heterocycles. The molecule has 0 radical (unpaired) electrons. The van der Waals surface area contributed by atoms with Crippen molar-refractivity contribution in [2.24, 2.45) is 16.8 Å². The summed E-state index contributed by atoms with van der Waals surface area (Å²) in [5.74, 6) is 3.19. The van der Waals surface area contributed by atoms with Crippen molar-refractivity contribution in [1.29, 1.82) is 0 Å². The number of hydrogen-bond donors (Lipinski definition) is 2. The normalized spacial score (nSPS) is 19.7. The Balaban J connectivity index is 1.80. The zero-order valence-electron chi connectivity index (χ0n) is 15.4. The highest BCUT2D eigenvalue weighted by Crippen LogP contribution is 2.12. The maximum absolute atomic E-state index is 5.44. The zero-order chi connectivity index (χ0) is 17.2. The summed E-state index contributed by atoms with van der Waals surface area (Å²) in [6, 6.07) is 4.35. The number of nitrogens with zero attached hydrogens (tertiary/aromatic N) is 1. The van der Waals surface area contributed by atoms with Crippen LogP contribution in [0.5, 0.6) is 0 Å². The summed E-state index contributed by atoms with van der Waals surface area (Å²) in [6.07, 6.45) is 6.08. The summed E-state index contributed by atoms with van der Waals surface area (Å²) in [4.78, 5) is 4.78. The summed E-state index contributed by atoms with van der Waals surface area (Å²) in [5.41, 5.74) is 0. The van der Waals surface area contributed by atoms with Crippen LogP contribution < -0.4 is 10.6 Å². The Hall–Kier alpha value is -1.49. The van der Waals surface area contributed by atoms with Crippen LogP contribution in [-0.4, -0.2) is 38.3 Å². The van der Waals surface area contributed by atoms with Crippen molar-refractivity contribution >= 4 is 5.96 Å². The second-order valence-corrected chi connectivity index (χ2v) is 7.19. The predicted octanol–water partition coefficient (Wildman–Crippen LogP) is 3.22. The number of guanidine groups is 1. The first-order valence-electron chi connectivity index (χ1n) is 9.28. The summed E-state index contributed by atoms with van der Waals surface area (Å²) < 4.78 is 10.8. The molecule has 1 saturated heterocycles. The van der Waals surface area contributed by atoms with Crippen LogP contribution in [0, 0.1) is 11.8 Å². The fourth-order valence-corrected chi connectivity index (χ4v) is 2.75. The van der Waals surface area contributed by atoms with Gasteiger partial charge in [-0.15, -0.1) is 0 Å². The lowest BCUT2D eigenvalue weighted by atomic mass is 10.0. The molecule has 0 bridgehead atoms. The zero-order valence-corrected chi connectivity index (χ0v) is 15.4. The number of hydrogen-bond acceptors (Lipinski definition) is 3. The highest BCUT2D eigenvalue weighted by atomic mass is 16.5. The van der Waals surface area contributed by atoms with Crippen LogP contribution in [0.2, 0.25) is 0 Å². The molecular formula is C19H33N3O2. The molecule has 2 atom stereocenters. The van der Waals surface area contributed by atoms with Gasteiger partial charge in [0.25, 0.3) is 0 Å². The molecule has 2 rings (SSSR count). The third kappa shape index (κ3) is 7.39. The van der Waals surface area contributed by atoms with Crippen LogP contribution in [0.1, 0.15) is 45.8 Å². The third-order valence-corrected chi connectivity index (χ3v) is 4.34. The van der Waals surface area contributed by atoms with Gasteiger partial charge in [0.15, 0.2) is 5.96 Å². The van der Waals surface area contributed by atoms with E-state index in [4.69, 9.17) is 14.1 Å². The molecule has 0 aliphatic carbocycles. The van der Waals surface area contributed by atoms with Crippen molar-refractivity contribution in [3.05, 3.63) is 24.2 Å². The van der Waals surface area contributed by atoms with Gasteiger partial charge in [-0.2, -0.15) is 0 Å². The van der Waals surface area contributed by atoms with E-state index in [2.05, 4.69) is 31.4 Å². The molecule has 5 heteroatoms. The summed E-state index contributed by atoms with van der Waals surface area (Å²) in [5, 5.41) is 6.98. The van der Waals surface area contributed by atoms with Crippen molar-refractivity contribution in [3.63, 3.8) is 0 Å². The minimum atomic E-state index is 0.419. The topological polar surface area (TPSA) is 58.8 Å². The fourth-order valence-electron chi connectivity index (χ4n) is 2.75. The molecule has 2 unspecified atom stereocenters. The van der Waals surface area contributed by atoms with Crippen LogP contribution in [0.15, 0.2) is 27.8 Å². The number of rotatable bonds is 9. The molecule has 1 aromatic rings. The Morgan fingerprint density at radius 3 is 2.88 bits per heavy atom. The lowest BCUT2D eigenvalue weighted by Crippen LogP contribution is -2.43. The molecule has 0 amide bonds. The highest BCUT2D eigenvalue weighted by molar-refractivity contribution is 5.80. The number of nitrogens with one attached hydrogen (secondary N) is 2. The second kappa shape index (κ2) is 10.4. The SMILES string of the molecule is CC(C)CCC(C)NC(=NCC1CCOC1)NCCc1ccco1. The molecular weight excluding hydrogens is 302 g/mol. The van der Waals surface area contributed by atoms with E-state index in [1.807, 2.05) is 12.1 Å². The average molecular weight is 335 g/mol. The van der Waals surface area contributed by atoms with Gasteiger partial charge < -0.3 is 19.8 Å². The van der Waals surface area contributed by atoms with Gasteiger partial charge in [-0.25, -0.2) is 0 Å². The molecule has 1 fully saturated rings. The smallest absolute Gasteiger partial charge is 0.191 e. The van der Waals surface area contributed by atoms with Crippen LogP contribution in [0.3, 0.4) is 0 Å². The third-order valence-electron chi connectivity index (χ3n) is 4.34. The molecule has 2 heterocycles. The van der Waals surface area contributed by atoms with E-state index in [9.17, 15) is 0 Å². The number of furan rings is 1. The largest absolute Gasteiger partial charge is 0.469 e. The summed E-state index contributed by atoms with van der Waals surface area (Å²) in [7, 11) is 0. The van der Waals surface area contributed by atoms with E-state index in [0.29, 0.717) is 12.0 Å². The van der Waals surface area contributed by atoms with Gasteiger partial charge in [-0.1, -0.05) is 13.8 Å². The Morgan fingerprint density at radius 1 is 1.33 bits per heavy atom. The molecule has 5 nitrogen and oxygen atoms in total. The van der Waals surface area contributed by atoms with Gasteiger partial charge in [0.05, 0.1) is 12.9 Å². The quantitative estimate of drug-likeness (QED) is 0.537. The Morgan fingerprint density at radius 2 is 2.21 bits per heavy atom. The predicted molar refractivity (Wildman–Crippen MR) is 98.3 cm³/mol. The maximum atomic E-state index is 5.44. The Labute approximate surface area is 146 Å².